The quantitative estimate of drug-likeness (QED) is 0.821. The molecule has 2 aromatic rings. The van der Waals surface area contributed by atoms with Crippen molar-refractivity contribution >= 4 is 10.0 Å². The summed E-state index contributed by atoms with van der Waals surface area (Å²) >= 11 is 0. The van der Waals surface area contributed by atoms with Crippen molar-refractivity contribution in [2.75, 3.05) is 6.26 Å². The second-order valence-electron chi connectivity index (χ2n) is 4.87. The summed E-state index contributed by atoms with van der Waals surface area (Å²) in [4.78, 5) is 0. The van der Waals surface area contributed by atoms with E-state index >= 15 is 0 Å². The van der Waals surface area contributed by atoms with E-state index in [4.69, 9.17) is 5.73 Å². The van der Waals surface area contributed by atoms with E-state index in [1.165, 1.54) is 0 Å². The lowest BCUT2D eigenvalue weighted by atomic mass is 9.94. The summed E-state index contributed by atoms with van der Waals surface area (Å²) < 4.78 is 25.8. The molecule has 0 aliphatic heterocycles. The van der Waals surface area contributed by atoms with Crippen LogP contribution in [0.25, 0.3) is 0 Å². The molecule has 2 rings (SSSR count). The van der Waals surface area contributed by atoms with Gasteiger partial charge in [-0.15, -0.1) is 0 Å². The molecular weight excluding hydrogens is 272 g/mol. The molecule has 0 aliphatic rings. The van der Waals surface area contributed by atoms with Crippen molar-refractivity contribution in [1.29, 1.82) is 0 Å². The van der Waals surface area contributed by atoms with Crippen molar-refractivity contribution in [1.82, 2.24) is 4.72 Å². The Bertz CT molecular complexity index is 657. The third kappa shape index (κ3) is 3.90. The van der Waals surface area contributed by atoms with Crippen molar-refractivity contribution in [3.8, 4) is 0 Å². The first-order valence-corrected chi connectivity index (χ1v) is 8.15. The van der Waals surface area contributed by atoms with Crippen LogP contribution in [0.2, 0.25) is 0 Å². The molecule has 0 aliphatic carbocycles. The zero-order valence-electron chi connectivity index (χ0n) is 11.3. The molecule has 0 unspecified atom stereocenters. The topological polar surface area (TPSA) is 72.2 Å². The first kappa shape index (κ1) is 14.7. The van der Waals surface area contributed by atoms with Crippen molar-refractivity contribution in [2.24, 2.45) is 5.73 Å². The van der Waals surface area contributed by atoms with Crippen LogP contribution in [0, 0.1) is 0 Å². The van der Waals surface area contributed by atoms with Crippen molar-refractivity contribution in [2.45, 2.75) is 12.1 Å². The Hall–Kier alpha value is -1.69. The maximum absolute atomic E-state index is 11.6. The van der Waals surface area contributed by atoms with Gasteiger partial charge in [0, 0.05) is 6.42 Å². The highest BCUT2D eigenvalue weighted by Gasteiger charge is 2.30. The lowest BCUT2D eigenvalue weighted by molar-refractivity contribution is 0.406. The van der Waals surface area contributed by atoms with Gasteiger partial charge in [0.2, 0.25) is 10.0 Å². The van der Waals surface area contributed by atoms with Gasteiger partial charge >= 0.3 is 0 Å². The molecule has 4 nitrogen and oxygen atoms in total. The van der Waals surface area contributed by atoms with Crippen LogP contribution in [0.4, 0.5) is 0 Å². The zero-order valence-corrected chi connectivity index (χ0v) is 12.1. The molecule has 0 heterocycles. The van der Waals surface area contributed by atoms with E-state index < -0.39 is 15.7 Å². The van der Waals surface area contributed by atoms with Crippen molar-refractivity contribution in [3.05, 3.63) is 71.8 Å². The molecule has 5 heteroatoms. The number of benzene rings is 2. The number of hydrogen-bond donors (Lipinski definition) is 2. The SMILES string of the molecule is CS(=O)(=O)N[C@](N)(Cc1ccccc1)c1ccccc1. The minimum absolute atomic E-state index is 0.380. The highest BCUT2D eigenvalue weighted by atomic mass is 32.2. The van der Waals surface area contributed by atoms with E-state index in [1.54, 1.807) is 0 Å². The van der Waals surface area contributed by atoms with Gasteiger partial charge < -0.3 is 5.73 Å². The highest BCUT2D eigenvalue weighted by Crippen LogP contribution is 2.21. The van der Waals surface area contributed by atoms with E-state index in [2.05, 4.69) is 4.72 Å². The summed E-state index contributed by atoms with van der Waals surface area (Å²) in [6.45, 7) is 0. The average molecular weight is 290 g/mol. The predicted molar refractivity (Wildman–Crippen MR) is 80.4 cm³/mol. The fourth-order valence-corrected chi connectivity index (χ4v) is 3.03. The Kier molecular flexibility index (Phi) is 4.23. The monoisotopic (exact) mass is 290 g/mol. The second-order valence-corrected chi connectivity index (χ2v) is 6.62. The Labute approximate surface area is 119 Å². The first-order chi connectivity index (χ1) is 9.39. The fraction of sp³-hybridized carbons (Fsp3) is 0.200. The van der Waals surface area contributed by atoms with E-state index in [0.29, 0.717) is 6.42 Å². The molecule has 0 amide bonds. The standard InChI is InChI=1S/C15H18N2O2S/c1-20(18,19)17-15(16,14-10-6-3-7-11-14)12-13-8-4-2-5-9-13/h2-11,17H,12,16H2,1H3/t15-/m1/s1. The van der Waals surface area contributed by atoms with Crippen LogP contribution in [0.3, 0.4) is 0 Å². The minimum atomic E-state index is -3.43. The lowest BCUT2D eigenvalue weighted by Crippen LogP contribution is -2.54. The van der Waals surface area contributed by atoms with E-state index in [9.17, 15) is 8.42 Å². The Morgan fingerprint density at radius 1 is 1.00 bits per heavy atom. The van der Waals surface area contributed by atoms with Crippen LogP contribution >= 0.6 is 0 Å². The maximum Gasteiger partial charge on any atom is 0.210 e. The summed E-state index contributed by atoms with van der Waals surface area (Å²) in [5.74, 6) is 0. The summed E-state index contributed by atoms with van der Waals surface area (Å²) in [6, 6.07) is 18.8. The van der Waals surface area contributed by atoms with Crippen molar-refractivity contribution in [3.63, 3.8) is 0 Å². The summed E-state index contributed by atoms with van der Waals surface area (Å²) in [5, 5.41) is 0. The largest absolute Gasteiger partial charge is 0.308 e. The molecule has 3 N–H and O–H groups in total. The van der Waals surface area contributed by atoms with Crippen LogP contribution in [0.15, 0.2) is 60.7 Å². The molecule has 0 saturated heterocycles. The van der Waals surface area contributed by atoms with Crippen LogP contribution < -0.4 is 10.5 Å². The fourth-order valence-electron chi connectivity index (χ4n) is 2.18. The first-order valence-electron chi connectivity index (χ1n) is 6.26. The number of nitrogens with one attached hydrogen (secondary N) is 1. The van der Waals surface area contributed by atoms with Gasteiger partial charge in [-0.1, -0.05) is 60.7 Å². The molecule has 0 aromatic heterocycles. The number of nitrogens with two attached hydrogens (primary N) is 1. The molecular formula is C15H18N2O2S. The van der Waals surface area contributed by atoms with E-state index in [0.717, 1.165) is 17.4 Å². The lowest BCUT2D eigenvalue weighted by Gasteiger charge is -2.30. The summed E-state index contributed by atoms with van der Waals surface area (Å²) in [6.07, 6.45) is 1.49. The van der Waals surface area contributed by atoms with Gasteiger partial charge in [-0.25, -0.2) is 8.42 Å². The van der Waals surface area contributed by atoms with Gasteiger partial charge in [0.25, 0.3) is 0 Å². The predicted octanol–water partition coefficient (Wildman–Crippen LogP) is 1.59. The van der Waals surface area contributed by atoms with Gasteiger partial charge in [-0.05, 0) is 11.1 Å². The maximum atomic E-state index is 11.6. The molecule has 1 atom stereocenters. The molecule has 0 radical (unpaired) electrons. The number of hydrogen-bond acceptors (Lipinski definition) is 3. The Balaban J connectivity index is 2.39. The van der Waals surface area contributed by atoms with Gasteiger partial charge in [0.05, 0.1) is 6.26 Å². The van der Waals surface area contributed by atoms with E-state index in [-0.39, 0.29) is 0 Å². The van der Waals surface area contributed by atoms with Gasteiger partial charge in [-0.2, -0.15) is 4.72 Å². The molecule has 0 fully saturated rings. The van der Waals surface area contributed by atoms with Crippen molar-refractivity contribution < 1.29 is 8.42 Å². The van der Waals surface area contributed by atoms with Gasteiger partial charge in [0.15, 0.2) is 0 Å². The van der Waals surface area contributed by atoms with Crippen LogP contribution in [-0.2, 0) is 22.1 Å². The number of sulfonamides is 1. The highest BCUT2D eigenvalue weighted by molar-refractivity contribution is 7.88. The molecule has 0 saturated carbocycles. The average Bonchev–Trinajstić information content (AvgIpc) is 2.39. The van der Waals surface area contributed by atoms with Gasteiger partial charge in [-0.3, -0.25) is 0 Å². The smallest absolute Gasteiger partial charge is 0.210 e. The molecule has 0 bridgehead atoms. The summed E-state index contributed by atoms with van der Waals surface area (Å²) in [7, 11) is -3.43. The molecule has 20 heavy (non-hydrogen) atoms. The van der Waals surface area contributed by atoms with Gasteiger partial charge in [0.1, 0.15) is 5.66 Å². The van der Waals surface area contributed by atoms with Crippen LogP contribution in [-0.4, -0.2) is 14.7 Å². The minimum Gasteiger partial charge on any atom is -0.308 e. The van der Waals surface area contributed by atoms with Crippen LogP contribution in [0.1, 0.15) is 11.1 Å². The van der Waals surface area contributed by atoms with E-state index in [1.807, 2.05) is 60.7 Å². The molecule has 106 valence electrons. The Morgan fingerprint density at radius 2 is 1.50 bits per heavy atom. The van der Waals surface area contributed by atoms with Crippen LogP contribution in [0.5, 0.6) is 0 Å². The zero-order chi connectivity index (χ0) is 14.6. The third-order valence-electron chi connectivity index (χ3n) is 2.98. The third-order valence-corrected chi connectivity index (χ3v) is 3.72. The number of rotatable bonds is 5. The second kappa shape index (κ2) is 5.75. The normalized spacial score (nSPS) is 14.7. The Morgan fingerprint density at radius 3 is 2.00 bits per heavy atom. The summed E-state index contributed by atoms with van der Waals surface area (Å²) in [5.41, 5.74) is 6.89. The molecule has 2 aromatic carbocycles. The molecule has 0 spiro atoms.